The summed E-state index contributed by atoms with van der Waals surface area (Å²) in [6, 6.07) is 13.4. The van der Waals surface area contributed by atoms with Gasteiger partial charge in [0.25, 0.3) is 5.91 Å². The van der Waals surface area contributed by atoms with E-state index in [2.05, 4.69) is 5.32 Å². The zero-order valence-corrected chi connectivity index (χ0v) is 15.5. The summed E-state index contributed by atoms with van der Waals surface area (Å²) in [5.41, 5.74) is -0.0398. The number of aromatic hydroxyl groups is 2. The van der Waals surface area contributed by atoms with Crippen LogP contribution in [0.5, 0.6) is 11.5 Å². The second-order valence-corrected chi connectivity index (χ2v) is 7.28. The van der Waals surface area contributed by atoms with Gasteiger partial charge in [0, 0.05) is 5.57 Å². The number of phenolic OH excluding ortho intramolecular Hbond substituents is 2. The lowest BCUT2D eigenvalue weighted by Gasteiger charge is -2.48. The summed E-state index contributed by atoms with van der Waals surface area (Å²) in [7, 11) is 0. The normalized spacial score (nSPS) is 22.5. The number of fused-ring (bicyclic) bond motifs is 1. The first-order valence-corrected chi connectivity index (χ1v) is 9.30. The summed E-state index contributed by atoms with van der Waals surface area (Å²) in [4.78, 5) is 26.0. The lowest BCUT2D eigenvalue weighted by molar-refractivity contribution is -0.130. The third-order valence-corrected chi connectivity index (χ3v) is 5.87. The molecule has 2 aromatic carbocycles. The van der Waals surface area contributed by atoms with Crippen LogP contribution in [-0.2, 0) is 15.0 Å². The van der Waals surface area contributed by atoms with E-state index in [0.29, 0.717) is 18.4 Å². The topological polar surface area (TPSA) is 86.6 Å². The molecule has 5 heteroatoms. The minimum Gasteiger partial charge on any atom is -0.508 e. The van der Waals surface area contributed by atoms with Crippen LogP contribution in [0, 0.1) is 5.41 Å². The maximum absolute atomic E-state index is 13.3. The van der Waals surface area contributed by atoms with Crippen molar-refractivity contribution < 1.29 is 19.8 Å². The zero-order valence-electron chi connectivity index (χ0n) is 15.5. The van der Waals surface area contributed by atoms with Crippen molar-refractivity contribution in [3.63, 3.8) is 0 Å². The minimum atomic E-state index is -1.11. The SMILES string of the molecule is CCCC12C(=O)NC(=O)C1=CC=CC2(c1ccc(O)cc1)c1ccc(O)cc1. The molecule has 0 bridgehead atoms. The molecule has 1 fully saturated rings. The van der Waals surface area contributed by atoms with Crippen LogP contribution in [0.2, 0.25) is 0 Å². The molecule has 2 aliphatic rings. The van der Waals surface area contributed by atoms with Crippen molar-refractivity contribution in [1.29, 1.82) is 0 Å². The van der Waals surface area contributed by atoms with Gasteiger partial charge in [-0.2, -0.15) is 0 Å². The molecule has 0 aromatic heterocycles. The Morgan fingerprint density at radius 3 is 1.93 bits per heavy atom. The molecular formula is C23H21NO4. The largest absolute Gasteiger partial charge is 0.508 e. The highest BCUT2D eigenvalue weighted by Crippen LogP contribution is 2.59. The summed E-state index contributed by atoms with van der Waals surface area (Å²) in [5.74, 6) is -0.450. The van der Waals surface area contributed by atoms with Gasteiger partial charge in [0.1, 0.15) is 11.5 Å². The molecule has 3 N–H and O–H groups in total. The summed E-state index contributed by atoms with van der Waals surface area (Å²) < 4.78 is 0. The Bertz CT molecular complexity index is 956. The molecule has 0 spiro atoms. The summed E-state index contributed by atoms with van der Waals surface area (Å²) in [6.45, 7) is 1.99. The number of rotatable bonds is 4. The van der Waals surface area contributed by atoms with Gasteiger partial charge in [-0.05, 0) is 41.8 Å². The molecule has 2 amide bonds. The van der Waals surface area contributed by atoms with Crippen LogP contribution in [0.3, 0.4) is 0 Å². The van der Waals surface area contributed by atoms with E-state index in [1.165, 1.54) is 0 Å². The minimum absolute atomic E-state index is 0.122. The van der Waals surface area contributed by atoms with Crippen molar-refractivity contribution >= 4 is 11.8 Å². The molecule has 4 rings (SSSR count). The monoisotopic (exact) mass is 375 g/mol. The van der Waals surface area contributed by atoms with Crippen molar-refractivity contribution in [3.8, 4) is 11.5 Å². The molecule has 0 radical (unpaired) electrons. The Kier molecular flexibility index (Phi) is 4.11. The first-order valence-electron chi connectivity index (χ1n) is 9.30. The first-order chi connectivity index (χ1) is 13.5. The number of hydrogen-bond donors (Lipinski definition) is 3. The zero-order chi connectivity index (χ0) is 19.9. The number of phenols is 2. The fourth-order valence-corrected chi connectivity index (χ4v) is 4.75. The third kappa shape index (κ3) is 2.26. The van der Waals surface area contributed by atoms with E-state index in [1.807, 2.05) is 13.0 Å². The van der Waals surface area contributed by atoms with Gasteiger partial charge in [0.05, 0.1) is 10.8 Å². The highest BCUT2D eigenvalue weighted by molar-refractivity contribution is 6.19. The van der Waals surface area contributed by atoms with Gasteiger partial charge in [-0.3, -0.25) is 14.9 Å². The molecule has 1 aliphatic carbocycles. The molecular weight excluding hydrogens is 354 g/mol. The smallest absolute Gasteiger partial charge is 0.254 e. The molecule has 1 saturated heterocycles. The van der Waals surface area contributed by atoms with Gasteiger partial charge < -0.3 is 10.2 Å². The fraction of sp³-hybridized carbons (Fsp3) is 0.217. The van der Waals surface area contributed by atoms with Gasteiger partial charge in [0.15, 0.2) is 0 Å². The van der Waals surface area contributed by atoms with Crippen molar-refractivity contribution in [3.05, 3.63) is 83.5 Å². The van der Waals surface area contributed by atoms with Crippen molar-refractivity contribution in [2.45, 2.75) is 25.2 Å². The Hall–Kier alpha value is -3.34. The quantitative estimate of drug-likeness (QED) is 0.716. The molecule has 2 aromatic rings. The third-order valence-electron chi connectivity index (χ3n) is 5.87. The van der Waals surface area contributed by atoms with E-state index in [9.17, 15) is 19.8 Å². The van der Waals surface area contributed by atoms with Crippen LogP contribution in [0.1, 0.15) is 30.9 Å². The average Bonchev–Trinajstić information content (AvgIpc) is 2.94. The first kappa shape index (κ1) is 18.0. The number of benzene rings is 2. The summed E-state index contributed by atoms with van der Waals surface area (Å²) in [6.07, 6.45) is 6.64. The predicted octanol–water partition coefficient (Wildman–Crippen LogP) is 3.32. The highest BCUT2D eigenvalue weighted by Gasteiger charge is 2.64. The number of hydrogen-bond acceptors (Lipinski definition) is 4. The summed E-state index contributed by atoms with van der Waals surface area (Å²) >= 11 is 0. The summed E-state index contributed by atoms with van der Waals surface area (Å²) in [5, 5.41) is 22.1. The Labute approximate surface area is 163 Å². The second-order valence-electron chi connectivity index (χ2n) is 7.28. The average molecular weight is 375 g/mol. The second kappa shape index (κ2) is 6.37. The van der Waals surface area contributed by atoms with Crippen LogP contribution in [-0.4, -0.2) is 22.0 Å². The number of nitrogens with one attached hydrogen (secondary N) is 1. The Balaban J connectivity index is 2.10. The Morgan fingerprint density at radius 1 is 0.893 bits per heavy atom. The number of amides is 2. The molecule has 1 aliphatic heterocycles. The van der Waals surface area contributed by atoms with Gasteiger partial charge in [-0.25, -0.2) is 0 Å². The van der Waals surface area contributed by atoms with Crippen LogP contribution in [0.15, 0.2) is 72.3 Å². The van der Waals surface area contributed by atoms with Gasteiger partial charge >= 0.3 is 0 Å². The lowest BCUT2D eigenvalue weighted by atomic mass is 9.51. The van der Waals surface area contributed by atoms with E-state index < -0.39 is 10.8 Å². The lowest BCUT2D eigenvalue weighted by Crippen LogP contribution is -2.51. The van der Waals surface area contributed by atoms with Crippen molar-refractivity contribution in [2.24, 2.45) is 5.41 Å². The standard InChI is InChI=1S/C23H21NO4/c1-2-13-23-19(20(27)24-21(23)28)4-3-14-22(23,15-5-9-17(25)10-6-15)16-7-11-18(26)12-8-16/h3-12,14,25-26H,2,13H2,1H3,(H,24,27,28). The van der Waals surface area contributed by atoms with E-state index in [-0.39, 0.29) is 23.3 Å². The highest BCUT2D eigenvalue weighted by atomic mass is 16.3. The maximum Gasteiger partial charge on any atom is 0.254 e. The Morgan fingerprint density at radius 2 is 1.43 bits per heavy atom. The predicted molar refractivity (Wildman–Crippen MR) is 105 cm³/mol. The van der Waals surface area contributed by atoms with Crippen molar-refractivity contribution in [1.82, 2.24) is 5.32 Å². The maximum atomic E-state index is 13.3. The molecule has 142 valence electrons. The fourth-order valence-electron chi connectivity index (χ4n) is 4.75. The molecule has 1 unspecified atom stereocenters. The van der Waals surface area contributed by atoms with Crippen LogP contribution < -0.4 is 5.32 Å². The molecule has 5 nitrogen and oxygen atoms in total. The van der Waals surface area contributed by atoms with Crippen LogP contribution in [0.25, 0.3) is 0 Å². The number of imide groups is 1. The number of carbonyl (C=O) groups is 2. The number of allylic oxidation sites excluding steroid dienone is 3. The van der Waals surface area contributed by atoms with Crippen molar-refractivity contribution in [2.75, 3.05) is 0 Å². The van der Waals surface area contributed by atoms with Gasteiger partial charge in [-0.15, -0.1) is 0 Å². The van der Waals surface area contributed by atoms with E-state index >= 15 is 0 Å². The van der Waals surface area contributed by atoms with E-state index in [0.717, 1.165) is 11.1 Å². The van der Waals surface area contributed by atoms with Gasteiger partial charge in [0.2, 0.25) is 5.91 Å². The molecule has 0 saturated carbocycles. The van der Waals surface area contributed by atoms with E-state index in [4.69, 9.17) is 0 Å². The number of carbonyl (C=O) groups excluding carboxylic acids is 2. The molecule has 1 atom stereocenters. The molecule has 1 heterocycles. The van der Waals surface area contributed by atoms with Gasteiger partial charge in [-0.1, -0.05) is 55.8 Å². The molecule has 28 heavy (non-hydrogen) atoms. The van der Waals surface area contributed by atoms with Crippen LogP contribution in [0.4, 0.5) is 0 Å². The van der Waals surface area contributed by atoms with Crippen LogP contribution >= 0.6 is 0 Å². The van der Waals surface area contributed by atoms with E-state index in [1.54, 1.807) is 60.7 Å².